The second-order valence-corrected chi connectivity index (χ2v) is 3.84. The van der Waals surface area contributed by atoms with Gasteiger partial charge >= 0.3 is 12.3 Å². The number of ether oxygens (including phenoxy) is 1. The van der Waals surface area contributed by atoms with E-state index < -0.39 is 30.1 Å². The van der Waals surface area contributed by atoms with E-state index >= 15 is 0 Å². The molecule has 1 amide bonds. The van der Waals surface area contributed by atoms with Crippen molar-refractivity contribution in [2.24, 2.45) is 5.73 Å². The first-order valence-electron chi connectivity index (χ1n) is 4.94. The summed E-state index contributed by atoms with van der Waals surface area (Å²) in [7, 11) is 0. The fraction of sp³-hybridized carbons (Fsp3) is 0.556. The predicted octanol–water partition coefficient (Wildman–Crippen LogP) is 1.70. The van der Waals surface area contributed by atoms with Crippen molar-refractivity contribution in [2.75, 3.05) is 0 Å². The minimum Gasteiger partial charge on any atom is -0.446 e. The standard InChI is InChI=1S/C9H10F3N3O2/c10-9(11,12)7-1-2-14-15(7)5-3-6(4-5)17-8(13)16/h1-2,5-6H,3-4H2,(H2,13,16). The highest BCUT2D eigenvalue weighted by atomic mass is 19.4. The molecule has 8 heteroatoms. The van der Waals surface area contributed by atoms with E-state index in [0.29, 0.717) is 12.8 Å². The molecule has 0 aliphatic heterocycles. The first kappa shape index (κ1) is 11.7. The Bertz CT molecular complexity index is 423. The zero-order valence-corrected chi connectivity index (χ0v) is 8.65. The average molecular weight is 249 g/mol. The van der Waals surface area contributed by atoms with Crippen LogP contribution in [0.25, 0.3) is 0 Å². The molecular formula is C9H10F3N3O2. The molecule has 1 aliphatic carbocycles. The molecular weight excluding hydrogens is 239 g/mol. The second-order valence-electron chi connectivity index (χ2n) is 3.84. The lowest BCUT2D eigenvalue weighted by atomic mass is 9.89. The lowest BCUT2D eigenvalue weighted by Crippen LogP contribution is -2.38. The summed E-state index contributed by atoms with van der Waals surface area (Å²) >= 11 is 0. The Labute approximate surface area is 94.3 Å². The van der Waals surface area contributed by atoms with Crippen LogP contribution in [0, 0.1) is 0 Å². The maximum atomic E-state index is 12.5. The summed E-state index contributed by atoms with van der Waals surface area (Å²) in [6.45, 7) is 0. The van der Waals surface area contributed by atoms with Crippen molar-refractivity contribution in [3.8, 4) is 0 Å². The molecule has 0 saturated heterocycles. The quantitative estimate of drug-likeness (QED) is 0.867. The fourth-order valence-electron chi connectivity index (χ4n) is 1.83. The summed E-state index contributed by atoms with van der Waals surface area (Å²) < 4.78 is 43.2. The Hall–Kier alpha value is -1.73. The summed E-state index contributed by atoms with van der Waals surface area (Å²) in [6, 6.07) is 0.522. The molecule has 0 bridgehead atoms. The number of amides is 1. The molecule has 1 aromatic heterocycles. The highest BCUT2D eigenvalue weighted by molar-refractivity contribution is 5.64. The van der Waals surface area contributed by atoms with Gasteiger partial charge in [0, 0.05) is 19.0 Å². The number of aromatic nitrogens is 2. The first-order valence-corrected chi connectivity index (χ1v) is 4.94. The maximum Gasteiger partial charge on any atom is 0.433 e. The Morgan fingerprint density at radius 2 is 2.18 bits per heavy atom. The number of hydrogen-bond acceptors (Lipinski definition) is 3. The van der Waals surface area contributed by atoms with Gasteiger partial charge in [-0.1, -0.05) is 0 Å². The Balaban J connectivity index is 2.02. The number of halogens is 3. The van der Waals surface area contributed by atoms with Gasteiger partial charge in [0.2, 0.25) is 0 Å². The summed E-state index contributed by atoms with van der Waals surface area (Å²) in [5.41, 5.74) is 4.01. The van der Waals surface area contributed by atoms with Gasteiger partial charge in [0.05, 0.1) is 6.04 Å². The molecule has 0 unspecified atom stereocenters. The Kier molecular flexibility index (Phi) is 2.72. The van der Waals surface area contributed by atoms with Gasteiger partial charge in [-0.25, -0.2) is 4.79 Å². The number of hydrogen-bond donors (Lipinski definition) is 1. The zero-order chi connectivity index (χ0) is 12.6. The molecule has 2 N–H and O–H groups in total. The third-order valence-corrected chi connectivity index (χ3v) is 2.66. The van der Waals surface area contributed by atoms with Gasteiger partial charge in [0.25, 0.3) is 0 Å². The highest BCUT2D eigenvalue weighted by Gasteiger charge is 2.41. The molecule has 1 aromatic rings. The van der Waals surface area contributed by atoms with Crippen LogP contribution in [-0.4, -0.2) is 22.0 Å². The predicted molar refractivity (Wildman–Crippen MR) is 50.0 cm³/mol. The lowest BCUT2D eigenvalue weighted by Gasteiger charge is -2.35. The van der Waals surface area contributed by atoms with E-state index in [4.69, 9.17) is 5.73 Å². The van der Waals surface area contributed by atoms with Crippen LogP contribution < -0.4 is 5.73 Å². The molecule has 94 valence electrons. The highest BCUT2D eigenvalue weighted by Crippen LogP contribution is 2.38. The largest absolute Gasteiger partial charge is 0.446 e. The number of nitrogens with zero attached hydrogens (tertiary/aromatic N) is 2. The van der Waals surface area contributed by atoms with Crippen molar-refractivity contribution >= 4 is 6.09 Å². The van der Waals surface area contributed by atoms with Crippen molar-refractivity contribution < 1.29 is 22.7 Å². The molecule has 0 aromatic carbocycles. The first-order chi connectivity index (χ1) is 7.88. The van der Waals surface area contributed by atoms with Crippen LogP contribution in [-0.2, 0) is 10.9 Å². The molecule has 2 rings (SSSR count). The zero-order valence-electron chi connectivity index (χ0n) is 8.65. The van der Waals surface area contributed by atoms with Crippen molar-refractivity contribution in [2.45, 2.75) is 31.2 Å². The van der Waals surface area contributed by atoms with Crippen molar-refractivity contribution in [1.82, 2.24) is 9.78 Å². The molecule has 1 saturated carbocycles. The number of nitrogens with two attached hydrogens (primary N) is 1. The molecule has 0 atom stereocenters. The van der Waals surface area contributed by atoms with Crippen LogP contribution in [0.5, 0.6) is 0 Å². The van der Waals surface area contributed by atoms with Gasteiger partial charge in [0.15, 0.2) is 0 Å². The van der Waals surface area contributed by atoms with Gasteiger partial charge in [-0.05, 0) is 6.07 Å². The van der Waals surface area contributed by atoms with E-state index in [9.17, 15) is 18.0 Å². The third kappa shape index (κ3) is 2.34. The van der Waals surface area contributed by atoms with E-state index in [2.05, 4.69) is 9.84 Å². The van der Waals surface area contributed by atoms with E-state index in [1.807, 2.05) is 0 Å². The van der Waals surface area contributed by atoms with Crippen molar-refractivity contribution in [3.05, 3.63) is 18.0 Å². The number of carbonyl (C=O) groups is 1. The second kappa shape index (κ2) is 3.94. The minimum absolute atomic E-state index is 0.299. The van der Waals surface area contributed by atoms with Crippen LogP contribution in [0.4, 0.5) is 18.0 Å². The molecule has 1 aliphatic rings. The molecule has 1 fully saturated rings. The van der Waals surface area contributed by atoms with Crippen molar-refractivity contribution in [3.63, 3.8) is 0 Å². The molecule has 17 heavy (non-hydrogen) atoms. The smallest absolute Gasteiger partial charge is 0.433 e. The average Bonchev–Trinajstić information content (AvgIpc) is 2.57. The van der Waals surface area contributed by atoms with Crippen LogP contribution in [0.3, 0.4) is 0 Å². The van der Waals surface area contributed by atoms with E-state index in [0.717, 1.165) is 16.9 Å². The van der Waals surface area contributed by atoms with E-state index in [1.165, 1.54) is 0 Å². The lowest BCUT2D eigenvalue weighted by molar-refractivity contribution is -0.146. The number of carbonyl (C=O) groups excluding carboxylic acids is 1. The Morgan fingerprint density at radius 3 is 2.71 bits per heavy atom. The van der Waals surface area contributed by atoms with Gasteiger partial charge in [-0.2, -0.15) is 18.3 Å². The van der Waals surface area contributed by atoms with Gasteiger partial charge in [-0.15, -0.1) is 0 Å². The summed E-state index contributed by atoms with van der Waals surface area (Å²) in [5, 5.41) is 3.64. The molecule has 1 heterocycles. The van der Waals surface area contributed by atoms with Crippen LogP contribution in [0.1, 0.15) is 24.6 Å². The number of rotatable bonds is 2. The number of primary amides is 1. The van der Waals surface area contributed by atoms with Crippen molar-refractivity contribution in [1.29, 1.82) is 0 Å². The molecule has 5 nitrogen and oxygen atoms in total. The van der Waals surface area contributed by atoms with Crippen LogP contribution in [0.2, 0.25) is 0 Å². The normalized spacial score (nSPS) is 24.2. The molecule has 0 spiro atoms. The summed E-state index contributed by atoms with van der Waals surface area (Å²) in [4.78, 5) is 10.4. The summed E-state index contributed by atoms with van der Waals surface area (Å²) in [5.74, 6) is 0. The maximum absolute atomic E-state index is 12.5. The minimum atomic E-state index is -4.42. The Morgan fingerprint density at radius 1 is 1.53 bits per heavy atom. The monoisotopic (exact) mass is 249 g/mol. The third-order valence-electron chi connectivity index (χ3n) is 2.66. The SMILES string of the molecule is NC(=O)OC1CC(n2nccc2C(F)(F)F)C1. The van der Waals surface area contributed by atoms with Gasteiger partial charge in [-0.3, -0.25) is 4.68 Å². The van der Waals surface area contributed by atoms with E-state index in [1.54, 1.807) is 0 Å². The molecule has 0 radical (unpaired) electrons. The van der Waals surface area contributed by atoms with Crippen LogP contribution in [0.15, 0.2) is 12.3 Å². The topological polar surface area (TPSA) is 70.1 Å². The summed E-state index contributed by atoms with van der Waals surface area (Å²) in [6.07, 6.45) is -4.05. The van der Waals surface area contributed by atoms with Crippen LogP contribution >= 0.6 is 0 Å². The van der Waals surface area contributed by atoms with Gasteiger partial charge < -0.3 is 10.5 Å². The van der Waals surface area contributed by atoms with Gasteiger partial charge in [0.1, 0.15) is 11.8 Å². The van der Waals surface area contributed by atoms with E-state index in [-0.39, 0.29) is 0 Å². The fourth-order valence-corrected chi connectivity index (χ4v) is 1.83. The number of alkyl halides is 3.